The van der Waals surface area contributed by atoms with E-state index in [-0.39, 0.29) is 17.8 Å². The van der Waals surface area contributed by atoms with Crippen LogP contribution in [0.4, 0.5) is 5.69 Å². The molecule has 1 N–H and O–H groups in total. The van der Waals surface area contributed by atoms with Crippen molar-refractivity contribution in [3.8, 4) is 5.75 Å². The molecule has 6 nitrogen and oxygen atoms in total. The van der Waals surface area contributed by atoms with Crippen LogP contribution < -0.4 is 10.1 Å². The maximum absolute atomic E-state index is 12.4. The van der Waals surface area contributed by atoms with Crippen LogP contribution in [0.3, 0.4) is 0 Å². The number of aromatic nitrogens is 3. The fraction of sp³-hybridized carbons (Fsp3) is 0.190. The van der Waals surface area contributed by atoms with Crippen LogP contribution in [0.1, 0.15) is 18.9 Å². The molecule has 0 aliphatic rings. The average molecular weight is 463 g/mol. The van der Waals surface area contributed by atoms with E-state index in [0.29, 0.717) is 33.3 Å². The molecule has 2 aromatic carbocycles. The highest BCUT2D eigenvalue weighted by molar-refractivity contribution is 7.99. The number of carbonyl (C=O) groups is 1. The van der Waals surface area contributed by atoms with E-state index in [2.05, 4.69) is 22.1 Å². The number of hydrogen-bond acceptors (Lipinski definition) is 5. The second kappa shape index (κ2) is 10.5. The summed E-state index contributed by atoms with van der Waals surface area (Å²) in [6.07, 6.45) is 1.42. The van der Waals surface area contributed by atoms with Crippen molar-refractivity contribution >= 4 is 46.6 Å². The van der Waals surface area contributed by atoms with Gasteiger partial charge in [-0.25, -0.2) is 0 Å². The Bertz CT molecular complexity index is 1030. The molecule has 3 rings (SSSR count). The number of rotatable bonds is 9. The monoisotopic (exact) mass is 462 g/mol. The number of nitrogens with one attached hydrogen (secondary N) is 1. The Morgan fingerprint density at radius 1 is 1.23 bits per heavy atom. The first kappa shape index (κ1) is 22.2. The van der Waals surface area contributed by atoms with Gasteiger partial charge in [0.15, 0.2) is 17.1 Å². The summed E-state index contributed by atoms with van der Waals surface area (Å²) in [7, 11) is 0. The third-order valence-electron chi connectivity index (χ3n) is 4.03. The van der Waals surface area contributed by atoms with Gasteiger partial charge in [-0.1, -0.05) is 65.3 Å². The summed E-state index contributed by atoms with van der Waals surface area (Å²) < 4.78 is 7.84. The first-order chi connectivity index (χ1) is 14.5. The highest BCUT2D eigenvalue weighted by atomic mass is 35.5. The summed E-state index contributed by atoms with van der Waals surface area (Å²) in [5, 5.41) is 12.5. The van der Waals surface area contributed by atoms with E-state index in [1.54, 1.807) is 24.3 Å². The summed E-state index contributed by atoms with van der Waals surface area (Å²) in [6.45, 7) is 6.19. The lowest BCUT2D eigenvalue weighted by molar-refractivity contribution is -0.113. The largest absolute Gasteiger partial charge is 0.483 e. The molecule has 1 amide bonds. The highest BCUT2D eigenvalue weighted by Crippen LogP contribution is 2.30. The molecular weight excluding hydrogens is 443 g/mol. The number of hydrogen-bond donors (Lipinski definition) is 1. The minimum atomic E-state index is -0.326. The molecule has 1 heterocycles. The predicted octanol–water partition coefficient (Wildman–Crippen LogP) is 5.64. The maximum atomic E-state index is 12.4. The summed E-state index contributed by atoms with van der Waals surface area (Å²) in [5.41, 5.74) is 0.466. The van der Waals surface area contributed by atoms with E-state index >= 15 is 0 Å². The Labute approximate surface area is 189 Å². The zero-order valence-corrected chi connectivity index (χ0v) is 18.5. The second-order valence-corrected chi connectivity index (χ2v) is 7.98. The average Bonchev–Trinajstić information content (AvgIpc) is 3.14. The highest BCUT2D eigenvalue weighted by Gasteiger charge is 2.20. The molecule has 0 fully saturated rings. The van der Waals surface area contributed by atoms with Gasteiger partial charge in [-0.05, 0) is 31.2 Å². The molecule has 1 aromatic heterocycles. The van der Waals surface area contributed by atoms with Gasteiger partial charge in [0.25, 0.3) is 0 Å². The lowest BCUT2D eigenvalue weighted by atomic mass is 10.3. The molecule has 1 atom stereocenters. The molecule has 0 bridgehead atoms. The molecule has 3 aromatic rings. The Balaban J connectivity index is 1.67. The smallest absolute Gasteiger partial charge is 0.234 e. The third kappa shape index (κ3) is 5.56. The number of nitrogens with zero attached hydrogens (tertiary/aromatic N) is 3. The van der Waals surface area contributed by atoms with Crippen molar-refractivity contribution in [3.05, 3.63) is 77.1 Å². The van der Waals surface area contributed by atoms with E-state index in [1.807, 2.05) is 41.8 Å². The van der Waals surface area contributed by atoms with E-state index in [1.165, 1.54) is 11.8 Å². The van der Waals surface area contributed by atoms with Crippen molar-refractivity contribution < 1.29 is 9.53 Å². The lowest BCUT2D eigenvalue weighted by Crippen LogP contribution is -2.16. The zero-order chi connectivity index (χ0) is 21.5. The Morgan fingerprint density at radius 2 is 2.00 bits per heavy atom. The molecule has 9 heteroatoms. The standard InChI is InChI=1S/C21H20Cl2N4O2S/c1-3-12-27-20(14(2)29-15-8-5-4-6-9-15)25-26-21(27)30-13-18(28)24-17-11-7-10-16(22)19(17)23/h3-11,14H,1,12-13H2,2H3,(H,24,28). The molecule has 156 valence electrons. The van der Waals surface area contributed by atoms with Crippen LogP contribution in [0.2, 0.25) is 10.0 Å². The van der Waals surface area contributed by atoms with Crippen LogP contribution in [0.5, 0.6) is 5.75 Å². The van der Waals surface area contributed by atoms with Crippen molar-refractivity contribution in [2.45, 2.75) is 24.7 Å². The molecular formula is C21H20Cl2N4O2S. The summed E-state index contributed by atoms with van der Waals surface area (Å²) in [5.74, 6) is 1.30. The molecule has 0 saturated heterocycles. The molecule has 0 saturated carbocycles. The third-order valence-corrected chi connectivity index (χ3v) is 5.82. The SMILES string of the molecule is C=CCn1c(SCC(=O)Nc2cccc(Cl)c2Cl)nnc1C(C)Oc1ccccc1. The van der Waals surface area contributed by atoms with Crippen molar-refractivity contribution in [1.82, 2.24) is 14.8 Å². The number of benzene rings is 2. The topological polar surface area (TPSA) is 69.0 Å². The van der Waals surface area contributed by atoms with Crippen LogP contribution in [-0.2, 0) is 11.3 Å². The normalized spacial score (nSPS) is 11.7. The number of thioether (sulfide) groups is 1. The van der Waals surface area contributed by atoms with Gasteiger partial charge in [0.05, 0.1) is 21.5 Å². The Morgan fingerprint density at radius 3 is 2.73 bits per heavy atom. The van der Waals surface area contributed by atoms with Gasteiger partial charge in [-0.3, -0.25) is 9.36 Å². The molecule has 0 aliphatic heterocycles. The number of amides is 1. The van der Waals surface area contributed by atoms with Crippen molar-refractivity contribution in [2.75, 3.05) is 11.1 Å². The van der Waals surface area contributed by atoms with Crippen LogP contribution in [0.25, 0.3) is 0 Å². The Hall–Kier alpha value is -2.48. The van der Waals surface area contributed by atoms with Gasteiger partial charge < -0.3 is 10.1 Å². The van der Waals surface area contributed by atoms with E-state index in [0.717, 1.165) is 5.75 Å². The van der Waals surface area contributed by atoms with Gasteiger partial charge in [0.1, 0.15) is 5.75 Å². The molecule has 0 aliphatic carbocycles. The first-order valence-corrected chi connectivity index (χ1v) is 10.9. The minimum Gasteiger partial charge on any atom is -0.483 e. The summed E-state index contributed by atoms with van der Waals surface area (Å²) >= 11 is 13.4. The fourth-order valence-corrected chi connectivity index (χ4v) is 3.78. The number of anilines is 1. The van der Waals surface area contributed by atoms with Gasteiger partial charge in [-0.2, -0.15) is 0 Å². The first-order valence-electron chi connectivity index (χ1n) is 9.12. The molecule has 1 unspecified atom stereocenters. The van der Waals surface area contributed by atoms with Gasteiger partial charge in [-0.15, -0.1) is 16.8 Å². The van der Waals surface area contributed by atoms with E-state index < -0.39 is 0 Å². The van der Waals surface area contributed by atoms with Gasteiger partial charge in [0.2, 0.25) is 5.91 Å². The minimum absolute atomic E-state index is 0.131. The van der Waals surface area contributed by atoms with Gasteiger partial charge >= 0.3 is 0 Å². The van der Waals surface area contributed by atoms with Gasteiger partial charge in [0, 0.05) is 6.54 Å². The number of para-hydroxylation sites is 1. The number of allylic oxidation sites excluding steroid dienone is 1. The van der Waals surface area contributed by atoms with Crippen molar-refractivity contribution in [1.29, 1.82) is 0 Å². The van der Waals surface area contributed by atoms with Crippen LogP contribution in [0, 0.1) is 0 Å². The van der Waals surface area contributed by atoms with Crippen LogP contribution >= 0.6 is 35.0 Å². The van der Waals surface area contributed by atoms with Crippen molar-refractivity contribution in [3.63, 3.8) is 0 Å². The lowest BCUT2D eigenvalue weighted by Gasteiger charge is -2.15. The molecule has 0 radical (unpaired) electrons. The zero-order valence-electron chi connectivity index (χ0n) is 16.2. The van der Waals surface area contributed by atoms with Crippen LogP contribution in [0.15, 0.2) is 66.3 Å². The van der Waals surface area contributed by atoms with E-state index in [4.69, 9.17) is 27.9 Å². The second-order valence-electron chi connectivity index (χ2n) is 6.25. The number of halogens is 2. The summed E-state index contributed by atoms with van der Waals surface area (Å²) in [4.78, 5) is 12.4. The fourth-order valence-electron chi connectivity index (χ4n) is 2.68. The Kier molecular flexibility index (Phi) is 7.79. The van der Waals surface area contributed by atoms with E-state index in [9.17, 15) is 4.79 Å². The number of ether oxygens (including phenoxy) is 1. The number of carbonyl (C=O) groups excluding carboxylic acids is 1. The summed E-state index contributed by atoms with van der Waals surface area (Å²) in [6, 6.07) is 14.6. The van der Waals surface area contributed by atoms with Crippen LogP contribution in [-0.4, -0.2) is 26.4 Å². The maximum Gasteiger partial charge on any atom is 0.234 e. The molecule has 30 heavy (non-hydrogen) atoms. The molecule has 0 spiro atoms. The van der Waals surface area contributed by atoms with Crippen molar-refractivity contribution in [2.24, 2.45) is 0 Å². The quantitative estimate of drug-likeness (QED) is 0.329. The predicted molar refractivity (Wildman–Crippen MR) is 122 cm³/mol.